The number of hydrogen-bond donors (Lipinski definition) is 3. The third-order valence-corrected chi connectivity index (χ3v) is 10.6. The molecular formula is C41H82NO9P. The van der Waals surface area contributed by atoms with Gasteiger partial charge in [0.1, 0.15) is 12.1 Å². The number of phosphoric acid groups is 1. The molecule has 0 bridgehead atoms. The predicted octanol–water partition coefficient (Wildman–Crippen LogP) is 11.6. The third-order valence-electron chi connectivity index (χ3n) is 9.64. The number of ether oxygens (including phenoxy) is 2. The quantitative estimate of drug-likeness (QED) is 0.0311. The number of unbranched alkanes of at least 4 members (excludes halogenated alkanes) is 28. The summed E-state index contributed by atoms with van der Waals surface area (Å²) in [4.78, 5) is 33.5. The molecule has 52 heavy (non-hydrogen) atoms. The van der Waals surface area contributed by atoms with Crippen molar-refractivity contribution in [3.8, 4) is 0 Å². The van der Waals surface area contributed by atoms with Crippen molar-refractivity contribution >= 4 is 19.8 Å². The first-order valence-corrected chi connectivity index (χ1v) is 23.1. The van der Waals surface area contributed by atoms with Crippen LogP contribution in [0.1, 0.15) is 213 Å². The Bertz CT molecular complexity index is 847. The van der Waals surface area contributed by atoms with Crippen LogP contribution in [-0.2, 0) is 32.7 Å². The highest BCUT2D eigenvalue weighted by atomic mass is 31.2. The number of phosphoric ester groups is 1. The smallest absolute Gasteiger partial charge is 0.472 e. The maximum absolute atomic E-state index is 12.6. The van der Waals surface area contributed by atoms with Gasteiger partial charge in [-0.15, -0.1) is 0 Å². The normalized spacial score (nSPS) is 13.9. The highest BCUT2D eigenvalue weighted by molar-refractivity contribution is 7.47. The molecule has 0 aromatic carbocycles. The van der Waals surface area contributed by atoms with E-state index in [0.717, 1.165) is 38.5 Å². The van der Waals surface area contributed by atoms with Crippen molar-refractivity contribution in [2.75, 3.05) is 26.4 Å². The Morgan fingerprint density at radius 2 is 0.885 bits per heavy atom. The van der Waals surface area contributed by atoms with Crippen LogP contribution in [0.2, 0.25) is 0 Å². The molecule has 0 radical (unpaired) electrons. The van der Waals surface area contributed by atoms with E-state index in [1.54, 1.807) is 0 Å². The Morgan fingerprint density at radius 3 is 1.27 bits per heavy atom. The van der Waals surface area contributed by atoms with Crippen LogP contribution >= 0.6 is 7.82 Å². The average Bonchev–Trinajstić information content (AvgIpc) is 3.12. The number of nitrogens with two attached hydrogens (primary N) is 1. The molecule has 0 fully saturated rings. The molecular weight excluding hydrogens is 681 g/mol. The molecule has 0 amide bonds. The van der Waals surface area contributed by atoms with Crippen LogP contribution in [0.5, 0.6) is 0 Å². The molecule has 0 aromatic rings. The first kappa shape index (κ1) is 51.0. The van der Waals surface area contributed by atoms with Crippen LogP contribution in [0.25, 0.3) is 0 Å². The van der Waals surface area contributed by atoms with Gasteiger partial charge in [-0.2, -0.15) is 0 Å². The van der Waals surface area contributed by atoms with Gasteiger partial charge < -0.3 is 25.2 Å². The van der Waals surface area contributed by atoms with E-state index < -0.39 is 45.1 Å². The molecule has 3 atom stereocenters. The van der Waals surface area contributed by atoms with Gasteiger partial charge in [0, 0.05) is 13.0 Å². The number of rotatable bonds is 42. The lowest BCUT2D eigenvalue weighted by Crippen LogP contribution is -2.34. The fourth-order valence-corrected chi connectivity index (χ4v) is 7.03. The van der Waals surface area contributed by atoms with Crippen molar-refractivity contribution in [2.24, 2.45) is 5.73 Å². The number of carboxylic acids is 1. The zero-order valence-corrected chi connectivity index (χ0v) is 34.6. The highest BCUT2D eigenvalue weighted by Crippen LogP contribution is 2.43. The van der Waals surface area contributed by atoms with Crippen LogP contribution in [0.4, 0.5) is 0 Å². The standard InChI is InChI=1S/C41H82NO9P/c1-3-5-7-9-11-13-15-17-19-20-21-23-25-27-29-31-33-40(43)51-38(36-49-52(46,47)50-37-39(42)41(44)45)35-48-34-32-30-28-26-24-22-18-16-14-12-10-8-6-4-2/h38-39H,3-37,42H2,1-2H3,(H,44,45)(H,46,47)/t38-,39+/m1/s1. The van der Waals surface area contributed by atoms with Crippen molar-refractivity contribution in [3.05, 3.63) is 0 Å². The minimum absolute atomic E-state index is 0.0256. The van der Waals surface area contributed by atoms with Gasteiger partial charge in [0.15, 0.2) is 0 Å². The van der Waals surface area contributed by atoms with E-state index in [9.17, 15) is 19.0 Å². The monoisotopic (exact) mass is 764 g/mol. The second-order valence-corrected chi connectivity index (χ2v) is 16.3. The SMILES string of the molecule is CCCCCCCCCCCCCCCCCCC(=O)O[C@H](COCCCCCCCCCCCCCCCC)COP(=O)(O)OC[C@H](N)C(=O)O. The first-order valence-electron chi connectivity index (χ1n) is 21.6. The van der Waals surface area contributed by atoms with Gasteiger partial charge in [-0.3, -0.25) is 18.6 Å². The van der Waals surface area contributed by atoms with E-state index in [4.69, 9.17) is 29.4 Å². The topological polar surface area (TPSA) is 155 Å². The number of carbonyl (C=O) groups excluding carboxylic acids is 1. The molecule has 11 heteroatoms. The summed E-state index contributed by atoms with van der Waals surface area (Å²) in [5.74, 6) is -1.77. The van der Waals surface area contributed by atoms with Crippen molar-refractivity contribution in [1.29, 1.82) is 0 Å². The second kappa shape index (κ2) is 38.3. The molecule has 1 unspecified atom stereocenters. The van der Waals surface area contributed by atoms with Crippen LogP contribution in [0, 0.1) is 0 Å². The van der Waals surface area contributed by atoms with E-state index in [-0.39, 0.29) is 13.0 Å². The van der Waals surface area contributed by atoms with E-state index in [2.05, 4.69) is 13.8 Å². The first-order chi connectivity index (χ1) is 25.2. The lowest BCUT2D eigenvalue weighted by molar-refractivity contribution is -0.154. The van der Waals surface area contributed by atoms with E-state index in [0.29, 0.717) is 6.61 Å². The van der Waals surface area contributed by atoms with Crippen molar-refractivity contribution < 1.29 is 42.7 Å². The van der Waals surface area contributed by atoms with Crippen LogP contribution in [0.3, 0.4) is 0 Å². The molecule has 0 spiro atoms. The second-order valence-electron chi connectivity index (χ2n) is 14.8. The fraction of sp³-hybridized carbons (Fsp3) is 0.951. The highest BCUT2D eigenvalue weighted by Gasteiger charge is 2.27. The molecule has 0 aliphatic heterocycles. The van der Waals surface area contributed by atoms with Gasteiger partial charge in [0.05, 0.1) is 19.8 Å². The molecule has 0 aromatic heterocycles. The largest absolute Gasteiger partial charge is 0.480 e. The minimum atomic E-state index is -4.60. The van der Waals surface area contributed by atoms with Gasteiger partial charge in [-0.25, -0.2) is 4.57 Å². The Morgan fingerprint density at radius 1 is 0.538 bits per heavy atom. The molecule has 0 heterocycles. The molecule has 0 saturated carbocycles. The van der Waals surface area contributed by atoms with Crippen molar-refractivity contribution in [3.63, 3.8) is 0 Å². The number of hydrogen-bond acceptors (Lipinski definition) is 8. The summed E-state index contributed by atoms with van der Waals surface area (Å²) in [5, 5.41) is 8.88. The summed E-state index contributed by atoms with van der Waals surface area (Å²) in [6, 6.07) is -1.47. The lowest BCUT2D eigenvalue weighted by Gasteiger charge is -2.20. The molecule has 0 aliphatic rings. The number of aliphatic carboxylic acids is 1. The van der Waals surface area contributed by atoms with Gasteiger partial charge in [0.2, 0.25) is 0 Å². The zero-order chi connectivity index (χ0) is 38.4. The summed E-state index contributed by atoms with van der Waals surface area (Å²) in [7, 11) is -4.60. The minimum Gasteiger partial charge on any atom is -0.480 e. The summed E-state index contributed by atoms with van der Waals surface area (Å²) in [6.07, 6.45) is 37.2. The van der Waals surface area contributed by atoms with Gasteiger partial charge in [0.25, 0.3) is 0 Å². The molecule has 10 nitrogen and oxygen atoms in total. The Kier molecular flexibility index (Phi) is 37.5. The van der Waals surface area contributed by atoms with Crippen molar-refractivity contribution in [1.82, 2.24) is 0 Å². The van der Waals surface area contributed by atoms with Gasteiger partial charge in [-0.1, -0.05) is 194 Å². The lowest BCUT2D eigenvalue weighted by atomic mass is 10.0. The Hall–Kier alpha value is -1.03. The number of carboxylic acid groups (broad SMARTS) is 1. The summed E-state index contributed by atoms with van der Waals surface area (Å²) in [6.45, 7) is 3.92. The Balaban J connectivity index is 4.20. The molecule has 0 rings (SSSR count). The summed E-state index contributed by atoms with van der Waals surface area (Å²) >= 11 is 0. The van der Waals surface area contributed by atoms with Gasteiger partial charge in [-0.05, 0) is 12.8 Å². The maximum Gasteiger partial charge on any atom is 0.472 e. The Labute approximate surface area is 319 Å². The summed E-state index contributed by atoms with van der Waals surface area (Å²) < 4.78 is 33.3. The van der Waals surface area contributed by atoms with E-state index in [1.165, 1.54) is 154 Å². The molecule has 0 aliphatic carbocycles. The van der Waals surface area contributed by atoms with Crippen molar-refractivity contribution in [2.45, 2.75) is 225 Å². The van der Waals surface area contributed by atoms with Crippen LogP contribution < -0.4 is 5.73 Å². The van der Waals surface area contributed by atoms with Crippen LogP contribution in [0.15, 0.2) is 0 Å². The van der Waals surface area contributed by atoms with Gasteiger partial charge >= 0.3 is 19.8 Å². The molecule has 0 saturated heterocycles. The third kappa shape index (κ3) is 37.3. The average molecular weight is 764 g/mol. The molecule has 4 N–H and O–H groups in total. The van der Waals surface area contributed by atoms with E-state index in [1.807, 2.05) is 0 Å². The number of esters is 1. The molecule has 310 valence electrons. The van der Waals surface area contributed by atoms with E-state index >= 15 is 0 Å². The fourth-order valence-electron chi connectivity index (χ4n) is 6.25. The summed E-state index contributed by atoms with van der Waals surface area (Å²) in [5.41, 5.74) is 5.35. The predicted molar refractivity (Wildman–Crippen MR) is 213 cm³/mol. The van der Waals surface area contributed by atoms with Crippen LogP contribution in [-0.4, -0.2) is 60.5 Å². The maximum atomic E-state index is 12.6. The number of carbonyl (C=O) groups is 2. The zero-order valence-electron chi connectivity index (χ0n) is 33.7.